The van der Waals surface area contributed by atoms with E-state index in [2.05, 4.69) is 21.8 Å². The Morgan fingerprint density at radius 1 is 1.37 bits per heavy atom. The highest BCUT2D eigenvalue weighted by atomic mass is 32.2. The third kappa shape index (κ3) is 1.87. The van der Waals surface area contributed by atoms with Crippen molar-refractivity contribution >= 4 is 17.4 Å². The molecule has 0 spiro atoms. The van der Waals surface area contributed by atoms with E-state index in [9.17, 15) is 5.11 Å². The van der Waals surface area contributed by atoms with Crippen LogP contribution in [0.2, 0.25) is 0 Å². The molecule has 4 rings (SSSR count). The molecule has 2 aromatic heterocycles. The Kier molecular flexibility index (Phi) is 2.45. The smallest absolute Gasteiger partial charge is 0.155 e. The first-order valence-corrected chi connectivity index (χ1v) is 7.77. The van der Waals surface area contributed by atoms with Crippen LogP contribution in [0, 0.1) is 6.92 Å². The lowest BCUT2D eigenvalue weighted by Crippen LogP contribution is -2.35. The molecule has 4 nitrogen and oxygen atoms in total. The number of hydrogen-bond acceptors (Lipinski definition) is 4. The van der Waals surface area contributed by atoms with Crippen molar-refractivity contribution < 1.29 is 5.11 Å². The fraction of sp³-hybridized carbons (Fsp3) is 0.571. The van der Waals surface area contributed by atoms with Gasteiger partial charge in [0.15, 0.2) is 5.65 Å². The average molecular weight is 275 g/mol. The Balaban J connectivity index is 1.76. The molecule has 2 fully saturated rings. The molecule has 2 saturated heterocycles. The van der Waals surface area contributed by atoms with Crippen LogP contribution in [0.1, 0.15) is 36.9 Å². The first-order chi connectivity index (χ1) is 9.12. The molecule has 2 aromatic rings. The number of rotatable bonds is 1. The largest absolute Gasteiger partial charge is 0.385 e. The molecule has 1 N–H and O–H groups in total. The molecule has 0 aliphatic carbocycles. The SMILES string of the molecule is Cc1cc2ncc(C3(O)CC4CCC(C3)S4)cn2n1. The third-order valence-corrected chi connectivity index (χ3v) is 5.87. The lowest BCUT2D eigenvalue weighted by molar-refractivity contribution is 0.0188. The molecular weight excluding hydrogens is 258 g/mol. The molecule has 0 radical (unpaired) electrons. The Bertz CT molecular complexity index is 627. The summed E-state index contributed by atoms with van der Waals surface area (Å²) in [6, 6.07) is 1.95. The van der Waals surface area contributed by atoms with Crippen molar-refractivity contribution in [3.05, 3.63) is 29.7 Å². The van der Waals surface area contributed by atoms with E-state index in [-0.39, 0.29) is 0 Å². The summed E-state index contributed by atoms with van der Waals surface area (Å²) in [5.74, 6) is 0. The predicted octanol–water partition coefficient (Wildman–Crippen LogP) is 2.28. The van der Waals surface area contributed by atoms with Gasteiger partial charge in [-0.2, -0.15) is 16.9 Å². The van der Waals surface area contributed by atoms with Gasteiger partial charge in [0.25, 0.3) is 0 Å². The minimum Gasteiger partial charge on any atom is -0.385 e. The van der Waals surface area contributed by atoms with Crippen molar-refractivity contribution in [2.75, 3.05) is 0 Å². The molecule has 0 saturated carbocycles. The second-order valence-electron chi connectivity index (χ2n) is 5.83. The first kappa shape index (κ1) is 11.7. The Morgan fingerprint density at radius 2 is 2.11 bits per heavy atom. The number of thioether (sulfide) groups is 1. The molecule has 2 bridgehead atoms. The van der Waals surface area contributed by atoms with Crippen LogP contribution in [0.25, 0.3) is 5.65 Å². The third-order valence-electron chi connectivity index (χ3n) is 4.30. The summed E-state index contributed by atoms with van der Waals surface area (Å²) < 4.78 is 1.78. The Hall–Kier alpha value is -1.07. The van der Waals surface area contributed by atoms with Gasteiger partial charge in [0, 0.05) is 34.5 Å². The van der Waals surface area contributed by atoms with Crippen molar-refractivity contribution in [2.45, 2.75) is 48.7 Å². The van der Waals surface area contributed by atoms with Gasteiger partial charge in [-0.3, -0.25) is 0 Å². The van der Waals surface area contributed by atoms with Gasteiger partial charge in [-0.15, -0.1) is 0 Å². The summed E-state index contributed by atoms with van der Waals surface area (Å²) in [6.07, 6.45) is 7.96. The van der Waals surface area contributed by atoms with E-state index in [4.69, 9.17) is 0 Å². The fourth-order valence-corrected chi connectivity index (χ4v) is 5.22. The molecule has 19 heavy (non-hydrogen) atoms. The number of aryl methyl sites for hydroxylation is 1. The predicted molar refractivity (Wildman–Crippen MR) is 75.3 cm³/mol. The van der Waals surface area contributed by atoms with Crippen LogP contribution in [0.3, 0.4) is 0 Å². The summed E-state index contributed by atoms with van der Waals surface area (Å²) in [6.45, 7) is 1.96. The van der Waals surface area contributed by atoms with Gasteiger partial charge in [-0.05, 0) is 32.6 Å². The molecule has 4 heterocycles. The van der Waals surface area contributed by atoms with E-state index in [0.29, 0.717) is 10.5 Å². The summed E-state index contributed by atoms with van der Waals surface area (Å²) in [4.78, 5) is 4.43. The zero-order valence-electron chi connectivity index (χ0n) is 10.9. The maximum atomic E-state index is 11.0. The van der Waals surface area contributed by atoms with Crippen molar-refractivity contribution in [2.24, 2.45) is 0 Å². The standard InChI is InChI=1S/C14H17N3OS/c1-9-4-13-15-7-10(8-17(13)16-9)14(18)5-11-2-3-12(6-14)19-11/h4,7-8,11-12,18H,2-3,5-6H2,1H3. The molecular formula is C14H17N3OS. The highest BCUT2D eigenvalue weighted by molar-refractivity contribution is 8.00. The second kappa shape index (κ2) is 3.96. The van der Waals surface area contributed by atoms with Crippen LogP contribution in [0.4, 0.5) is 0 Å². The molecule has 5 heteroatoms. The number of aromatic nitrogens is 3. The van der Waals surface area contributed by atoms with Gasteiger partial charge in [0.2, 0.25) is 0 Å². The van der Waals surface area contributed by atoms with Crippen LogP contribution in [-0.2, 0) is 5.60 Å². The Morgan fingerprint density at radius 3 is 2.84 bits per heavy atom. The van der Waals surface area contributed by atoms with Crippen molar-refractivity contribution in [1.29, 1.82) is 0 Å². The van der Waals surface area contributed by atoms with Gasteiger partial charge in [0.1, 0.15) is 0 Å². The van der Waals surface area contributed by atoms with Crippen LogP contribution in [0.15, 0.2) is 18.5 Å². The van der Waals surface area contributed by atoms with Gasteiger partial charge < -0.3 is 5.11 Å². The summed E-state index contributed by atoms with van der Waals surface area (Å²) in [7, 11) is 0. The van der Waals surface area contributed by atoms with Gasteiger partial charge >= 0.3 is 0 Å². The summed E-state index contributed by atoms with van der Waals surface area (Å²) >= 11 is 2.05. The highest BCUT2D eigenvalue weighted by Crippen LogP contribution is 2.50. The highest BCUT2D eigenvalue weighted by Gasteiger charge is 2.44. The molecule has 0 amide bonds. The van der Waals surface area contributed by atoms with E-state index < -0.39 is 5.60 Å². The van der Waals surface area contributed by atoms with Gasteiger partial charge in [-0.25, -0.2) is 9.50 Å². The molecule has 100 valence electrons. The lowest BCUT2D eigenvalue weighted by Gasteiger charge is -2.36. The van der Waals surface area contributed by atoms with E-state index in [1.807, 2.05) is 25.4 Å². The van der Waals surface area contributed by atoms with E-state index >= 15 is 0 Å². The molecule has 2 aliphatic rings. The summed E-state index contributed by atoms with van der Waals surface area (Å²) in [5, 5.41) is 16.6. The molecule has 2 aliphatic heterocycles. The van der Waals surface area contributed by atoms with Crippen LogP contribution in [0.5, 0.6) is 0 Å². The quantitative estimate of drug-likeness (QED) is 0.867. The summed E-state index contributed by atoms with van der Waals surface area (Å²) in [5.41, 5.74) is 2.01. The van der Waals surface area contributed by atoms with Crippen LogP contribution in [-0.4, -0.2) is 30.2 Å². The lowest BCUT2D eigenvalue weighted by atomic mass is 9.88. The fourth-order valence-electron chi connectivity index (χ4n) is 3.39. The maximum Gasteiger partial charge on any atom is 0.155 e. The van der Waals surface area contributed by atoms with Gasteiger partial charge in [-0.1, -0.05) is 0 Å². The normalized spacial score (nSPS) is 34.0. The molecule has 2 unspecified atom stereocenters. The minimum atomic E-state index is -0.710. The van der Waals surface area contributed by atoms with Crippen molar-refractivity contribution in [1.82, 2.24) is 14.6 Å². The zero-order valence-corrected chi connectivity index (χ0v) is 11.7. The monoisotopic (exact) mass is 275 g/mol. The average Bonchev–Trinajstić information content (AvgIpc) is 2.90. The number of nitrogens with zero attached hydrogens (tertiary/aromatic N) is 3. The topological polar surface area (TPSA) is 50.4 Å². The van der Waals surface area contributed by atoms with Crippen LogP contribution >= 0.6 is 11.8 Å². The van der Waals surface area contributed by atoms with Crippen molar-refractivity contribution in [3.63, 3.8) is 0 Å². The molecule has 0 aromatic carbocycles. The van der Waals surface area contributed by atoms with E-state index in [1.54, 1.807) is 4.52 Å². The number of fused-ring (bicyclic) bond motifs is 3. The molecule has 2 atom stereocenters. The zero-order chi connectivity index (χ0) is 13.0. The Labute approximate surface area is 116 Å². The second-order valence-corrected chi connectivity index (χ2v) is 7.43. The minimum absolute atomic E-state index is 0.610. The van der Waals surface area contributed by atoms with Gasteiger partial charge in [0.05, 0.1) is 11.3 Å². The number of hydrogen-bond donors (Lipinski definition) is 1. The first-order valence-electron chi connectivity index (χ1n) is 6.83. The van der Waals surface area contributed by atoms with Crippen LogP contribution < -0.4 is 0 Å². The van der Waals surface area contributed by atoms with Crippen molar-refractivity contribution in [3.8, 4) is 0 Å². The van der Waals surface area contributed by atoms with E-state index in [0.717, 1.165) is 29.7 Å². The maximum absolute atomic E-state index is 11.0. The number of aliphatic hydroxyl groups is 1. The van der Waals surface area contributed by atoms with E-state index in [1.165, 1.54) is 12.8 Å².